The smallest absolute Gasteiger partial charge is 0.320 e. The van der Waals surface area contributed by atoms with Crippen molar-refractivity contribution in [1.29, 1.82) is 0 Å². The van der Waals surface area contributed by atoms with Crippen LogP contribution >= 0.6 is 23.2 Å². The summed E-state index contributed by atoms with van der Waals surface area (Å²) in [6.07, 6.45) is 4.44. The van der Waals surface area contributed by atoms with Crippen molar-refractivity contribution in [2.45, 2.75) is 0 Å². The average molecular weight is 398 g/mol. The topological polar surface area (TPSA) is 135 Å². The number of hydrogen-bond acceptors (Lipinski definition) is 8. The van der Waals surface area contributed by atoms with E-state index in [0.717, 1.165) is 12.2 Å². The second-order valence-corrected chi connectivity index (χ2v) is 6.03. The van der Waals surface area contributed by atoms with Crippen LogP contribution in [0.3, 0.4) is 0 Å². The molecule has 26 heavy (non-hydrogen) atoms. The normalized spacial score (nSPS) is 19.8. The Morgan fingerprint density at radius 1 is 1.15 bits per heavy atom. The van der Waals surface area contributed by atoms with Crippen molar-refractivity contribution >= 4 is 40.1 Å². The molecule has 134 valence electrons. The van der Waals surface area contributed by atoms with Crippen LogP contribution in [0.25, 0.3) is 11.1 Å². The van der Waals surface area contributed by atoms with Gasteiger partial charge in [0.05, 0.1) is 33.0 Å². The van der Waals surface area contributed by atoms with Crippen LogP contribution in [0, 0.1) is 10.1 Å². The first kappa shape index (κ1) is 17.9. The van der Waals surface area contributed by atoms with Gasteiger partial charge < -0.3 is 9.67 Å². The summed E-state index contributed by atoms with van der Waals surface area (Å²) < 4.78 is 1.43. The number of hydrogen-bond donors (Lipinski definition) is 2. The minimum absolute atomic E-state index is 0.0887. The number of carbonyl (C=O) groups excluding carboxylic acids is 1. The molecule has 1 aliphatic carbocycles. The summed E-state index contributed by atoms with van der Waals surface area (Å²) in [5.41, 5.74) is -0.0636. The first-order chi connectivity index (χ1) is 12.2. The third-order valence-corrected chi connectivity index (χ3v) is 4.15. The fourth-order valence-corrected chi connectivity index (χ4v) is 3.01. The highest BCUT2D eigenvalue weighted by Crippen LogP contribution is 2.30. The van der Waals surface area contributed by atoms with E-state index in [1.165, 1.54) is 17.0 Å². The van der Waals surface area contributed by atoms with Crippen molar-refractivity contribution in [2.24, 2.45) is 7.05 Å². The molecule has 2 N–H and O–H groups in total. The van der Waals surface area contributed by atoms with Crippen LogP contribution in [0.4, 0.5) is 0 Å². The summed E-state index contributed by atoms with van der Waals surface area (Å²) in [5.74, 6) is -1.88. The largest absolute Gasteiger partial charge is 0.504 e. The number of carbonyl (C=O) groups is 1. The first-order valence-corrected chi connectivity index (χ1v) is 7.64. The second kappa shape index (κ2) is 6.41. The van der Waals surface area contributed by atoms with Crippen molar-refractivity contribution < 1.29 is 20.0 Å². The monoisotopic (exact) mass is 397 g/mol. The quantitative estimate of drug-likeness (QED) is 0.505. The lowest BCUT2D eigenvalue weighted by Gasteiger charge is -2.15. The van der Waals surface area contributed by atoms with E-state index in [4.69, 9.17) is 23.2 Å². The van der Waals surface area contributed by atoms with Gasteiger partial charge >= 0.3 is 5.70 Å². The standard InChI is InChI=1S/C14H9Cl2N5O5/c1-19-13(6-2-9(21(25)26)12(23)10(22)3-6)17-18-14(19)11-7(15)4-20(24)5-8(11)16/h2-5,22,24H,1H3. The molecular formula is C14H9Cl2N5O5. The van der Waals surface area contributed by atoms with E-state index >= 15 is 0 Å². The van der Waals surface area contributed by atoms with Crippen LogP contribution in [0.5, 0.6) is 0 Å². The molecule has 2 aliphatic rings. The summed E-state index contributed by atoms with van der Waals surface area (Å²) in [6.45, 7) is 0. The maximum absolute atomic E-state index is 11.6. The van der Waals surface area contributed by atoms with E-state index in [0.29, 0.717) is 5.06 Å². The predicted octanol–water partition coefficient (Wildman–Crippen LogP) is 0.167. The van der Waals surface area contributed by atoms with Gasteiger partial charge in [-0.1, -0.05) is 23.2 Å². The number of allylic oxidation sites excluding steroid dienone is 4. The van der Waals surface area contributed by atoms with Gasteiger partial charge in [0.1, 0.15) is 0 Å². The summed E-state index contributed by atoms with van der Waals surface area (Å²) in [5, 5.41) is 38.8. The van der Waals surface area contributed by atoms with Crippen molar-refractivity contribution in [3.63, 3.8) is 0 Å². The van der Waals surface area contributed by atoms with Crippen molar-refractivity contribution in [3.05, 3.63) is 67.1 Å². The minimum atomic E-state index is -1.09. The molecule has 0 bridgehead atoms. The lowest BCUT2D eigenvalue weighted by molar-refractivity contribution is -0.418. The number of nitrogens with zero attached hydrogens (tertiary/aromatic N) is 5. The maximum Gasteiger partial charge on any atom is 0.320 e. The Kier molecular flexibility index (Phi) is 4.40. The fraction of sp³-hybridized carbons (Fsp3) is 0.0714. The molecule has 0 saturated heterocycles. The molecule has 0 unspecified atom stereocenters. The van der Waals surface area contributed by atoms with E-state index in [9.17, 15) is 25.2 Å². The number of ketones is 1. The summed E-state index contributed by atoms with van der Waals surface area (Å²) in [7, 11) is 1.55. The minimum Gasteiger partial charge on any atom is -0.504 e. The average Bonchev–Trinajstić information content (AvgIpc) is 2.90. The number of hydroxylamine groups is 2. The van der Waals surface area contributed by atoms with Gasteiger partial charge in [-0.2, -0.15) is 0 Å². The summed E-state index contributed by atoms with van der Waals surface area (Å²) in [6, 6.07) is 0. The Morgan fingerprint density at radius 3 is 2.31 bits per heavy atom. The van der Waals surface area contributed by atoms with E-state index < -0.39 is 22.2 Å². The molecule has 12 heteroatoms. The third-order valence-electron chi connectivity index (χ3n) is 3.57. The van der Waals surface area contributed by atoms with E-state index in [1.54, 1.807) is 7.05 Å². The Morgan fingerprint density at radius 2 is 1.73 bits per heavy atom. The fourth-order valence-electron chi connectivity index (χ4n) is 2.39. The maximum atomic E-state index is 11.6. The number of aliphatic hydroxyl groups excluding tert-OH is 1. The van der Waals surface area contributed by atoms with Gasteiger partial charge in [-0.15, -0.1) is 10.2 Å². The highest BCUT2D eigenvalue weighted by atomic mass is 35.5. The molecule has 0 fully saturated rings. The Balaban J connectivity index is 2.32. The number of aliphatic hydroxyl groups is 1. The van der Waals surface area contributed by atoms with Crippen LogP contribution in [-0.4, -0.2) is 40.8 Å². The SMILES string of the molecule is Cn1c(=C2C=C(O)C(=O)C([N+](=O)[O-])=C2)nnc1=C1C(Cl)=CN(O)C=C1Cl. The molecule has 3 rings (SSSR count). The van der Waals surface area contributed by atoms with Gasteiger partial charge in [-0.25, -0.2) is 5.06 Å². The number of nitro groups is 1. The van der Waals surface area contributed by atoms with E-state index in [-0.39, 0.29) is 32.2 Å². The zero-order valence-electron chi connectivity index (χ0n) is 12.9. The van der Waals surface area contributed by atoms with Gasteiger partial charge in [0.15, 0.2) is 16.7 Å². The van der Waals surface area contributed by atoms with Gasteiger partial charge in [-0.3, -0.25) is 20.1 Å². The van der Waals surface area contributed by atoms with Gasteiger partial charge in [0, 0.05) is 18.7 Å². The van der Waals surface area contributed by atoms with Gasteiger partial charge in [0.25, 0.3) is 5.78 Å². The summed E-state index contributed by atoms with van der Waals surface area (Å²) >= 11 is 12.2. The summed E-state index contributed by atoms with van der Waals surface area (Å²) in [4.78, 5) is 21.7. The molecule has 1 aliphatic heterocycles. The van der Waals surface area contributed by atoms with Crippen LogP contribution in [0.15, 0.2) is 46.1 Å². The Hall–Kier alpha value is -2.95. The van der Waals surface area contributed by atoms with Crippen LogP contribution in [0.1, 0.15) is 0 Å². The molecule has 0 radical (unpaired) electrons. The van der Waals surface area contributed by atoms with Gasteiger partial charge in [0.2, 0.25) is 0 Å². The predicted molar refractivity (Wildman–Crippen MR) is 89.4 cm³/mol. The lowest BCUT2D eigenvalue weighted by Crippen LogP contribution is -2.30. The third kappa shape index (κ3) is 2.90. The number of halogens is 2. The molecule has 0 amide bonds. The zero-order valence-corrected chi connectivity index (χ0v) is 14.4. The van der Waals surface area contributed by atoms with Crippen LogP contribution < -0.4 is 11.0 Å². The second-order valence-electron chi connectivity index (χ2n) is 5.22. The molecule has 0 spiro atoms. The number of aromatic nitrogens is 3. The molecule has 10 nitrogen and oxygen atoms in total. The Bertz CT molecular complexity index is 1070. The van der Waals surface area contributed by atoms with E-state index in [2.05, 4.69) is 10.2 Å². The van der Waals surface area contributed by atoms with Crippen LogP contribution in [-0.2, 0) is 11.8 Å². The van der Waals surface area contributed by atoms with Crippen LogP contribution in [0.2, 0.25) is 0 Å². The van der Waals surface area contributed by atoms with Crippen molar-refractivity contribution in [2.75, 3.05) is 0 Å². The highest BCUT2D eigenvalue weighted by molar-refractivity contribution is 6.44. The lowest BCUT2D eigenvalue weighted by atomic mass is 10.1. The molecule has 1 aromatic rings. The molecule has 2 heterocycles. The molecule has 0 atom stereocenters. The zero-order chi connectivity index (χ0) is 19.2. The Labute approximate surface area is 154 Å². The number of rotatable bonds is 1. The van der Waals surface area contributed by atoms with Gasteiger partial charge in [-0.05, 0) is 6.08 Å². The molecular weight excluding hydrogens is 389 g/mol. The molecule has 0 saturated carbocycles. The van der Waals surface area contributed by atoms with Crippen molar-refractivity contribution in [1.82, 2.24) is 19.8 Å². The van der Waals surface area contributed by atoms with E-state index in [1.807, 2.05) is 0 Å². The molecule has 0 aromatic carbocycles. The highest BCUT2D eigenvalue weighted by Gasteiger charge is 2.30. The number of Topliss-reactive ketones (excluding diaryl/α,β-unsaturated/α-hetero) is 1. The van der Waals surface area contributed by atoms with Crippen molar-refractivity contribution in [3.8, 4) is 0 Å². The first-order valence-electron chi connectivity index (χ1n) is 6.88. The molecule has 1 aromatic heterocycles.